The molecule has 0 radical (unpaired) electrons. The summed E-state index contributed by atoms with van der Waals surface area (Å²) < 4.78 is 0. The topological polar surface area (TPSA) is 188 Å². The Hall–Kier alpha value is -1.99. The molecular formula is C14H24N4O7S2. The smallest absolute Gasteiger partial charge is 0.327 e. The second-order valence-electron chi connectivity index (χ2n) is 5.35. The highest BCUT2D eigenvalue weighted by molar-refractivity contribution is 7.98. The van der Waals surface area contributed by atoms with Crippen molar-refractivity contribution in [1.82, 2.24) is 16.0 Å². The molecule has 154 valence electrons. The fourth-order valence-electron chi connectivity index (χ4n) is 1.87. The molecule has 0 aromatic rings. The summed E-state index contributed by atoms with van der Waals surface area (Å²) in [5, 5.41) is 24.7. The van der Waals surface area contributed by atoms with Crippen molar-refractivity contribution < 1.29 is 34.2 Å². The minimum absolute atomic E-state index is 0.154. The van der Waals surface area contributed by atoms with Crippen LogP contribution in [0.1, 0.15) is 12.8 Å². The van der Waals surface area contributed by atoms with Crippen molar-refractivity contribution in [3.63, 3.8) is 0 Å². The average Bonchev–Trinajstić information content (AvgIpc) is 2.61. The van der Waals surface area contributed by atoms with Crippen LogP contribution in [0, 0.1) is 0 Å². The van der Waals surface area contributed by atoms with Crippen molar-refractivity contribution in [3.8, 4) is 0 Å². The van der Waals surface area contributed by atoms with Crippen LogP contribution in [-0.4, -0.2) is 82.3 Å². The third-order valence-electron chi connectivity index (χ3n) is 3.26. The van der Waals surface area contributed by atoms with Crippen molar-refractivity contribution in [2.24, 2.45) is 5.73 Å². The number of carbonyl (C=O) groups excluding carboxylic acids is 3. The number of aliphatic carboxylic acids is 2. The van der Waals surface area contributed by atoms with Gasteiger partial charge in [-0.3, -0.25) is 19.2 Å². The molecule has 7 N–H and O–H groups in total. The molecule has 0 saturated carbocycles. The van der Waals surface area contributed by atoms with E-state index in [0.29, 0.717) is 5.75 Å². The molecule has 0 heterocycles. The van der Waals surface area contributed by atoms with E-state index in [1.54, 1.807) is 6.26 Å². The van der Waals surface area contributed by atoms with Gasteiger partial charge in [-0.05, 0) is 18.4 Å². The summed E-state index contributed by atoms with van der Waals surface area (Å²) in [5.41, 5.74) is 5.14. The Morgan fingerprint density at radius 1 is 1.00 bits per heavy atom. The zero-order chi connectivity index (χ0) is 21.0. The molecule has 0 aliphatic rings. The molecule has 27 heavy (non-hydrogen) atoms. The maximum Gasteiger partial charge on any atom is 0.327 e. The van der Waals surface area contributed by atoms with Crippen molar-refractivity contribution in [3.05, 3.63) is 0 Å². The number of nitrogens with one attached hydrogen (secondary N) is 3. The number of thioether (sulfide) groups is 1. The molecule has 0 aromatic heterocycles. The van der Waals surface area contributed by atoms with Gasteiger partial charge in [-0.1, -0.05) is 0 Å². The molecule has 0 aromatic carbocycles. The van der Waals surface area contributed by atoms with Gasteiger partial charge >= 0.3 is 11.9 Å². The first-order valence-corrected chi connectivity index (χ1v) is 9.83. The second-order valence-corrected chi connectivity index (χ2v) is 6.70. The van der Waals surface area contributed by atoms with Crippen LogP contribution >= 0.6 is 24.4 Å². The molecule has 3 amide bonds. The minimum Gasteiger partial charge on any atom is -0.481 e. The van der Waals surface area contributed by atoms with Gasteiger partial charge in [0.15, 0.2) is 0 Å². The predicted octanol–water partition coefficient (Wildman–Crippen LogP) is -2.36. The summed E-state index contributed by atoms with van der Waals surface area (Å²) in [6.45, 7) is -0.442. The van der Waals surface area contributed by atoms with Crippen LogP contribution in [0.2, 0.25) is 0 Å². The number of nitrogens with two attached hydrogens (primary N) is 1. The Morgan fingerprint density at radius 3 is 2.00 bits per heavy atom. The Bertz CT molecular complexity index is 562. The molecule has 0 saturated heterocycles. The first-order chi connectivity index (χ1) is 12.7. The SMILES string of the molecule is CSCCC(NC(=O)C(CC(=O)O)NC(=O)CN)C(=O)NC(CS)C(=O)O. The molecule has 3 atom stereocenters. The first-order valence-electron chi connectivity index (χ1n) is 7.80. The van der Waals surface area contributed by atoms with E-state index in [9.17, 15) is 24.0 Å². The summed E-state index contributed by atoms with van der Waals surface area (Å²) in [7, 11) is 0. The number of carbonyl (C=O) groups is 5. The second kappa shape index (κ2) is 13.2. The molecule has 0 bridgehead atoms. The largest absolute Gasteiger partial charge is 0.481 e. The van der Waals surface area contributed by atoms with Gasteiger partial charge < -0.3 is 31.9 Å². The molecule has 0 fully saturated rings. The standard InChI is InChI=1S/C14H24N4O7S2/c1-27-3-2-7(12(22)18-9(6-26)14(24)25)17-13(23)8(4-11(20)21)16-10(19)5-15/h7-9,26H,2-6,15H2,1H3,(H,16,19)(H,17,23)(H,18,22)(H,20,21)(H,24,25). The van der Waals surface area contributed by atoms with Gasteiger partial charge in [0.05, 0.1) is 13.0 Å². The Balaban J connectivity index is 5.22. The summed E-state index contributed by atoms with van der Waals surface area (Å²) in [5.74, 6) is -4.68. The van der Waals surface area contributed by atoms with Gasteiger partial charge in [-0.2, -0.15) is 24.4 Å². The lowest BCUT2D eigenvalue weighted by molar-refractivity contribution is -0.142. The monoisotopic (exact) mass is 424 g/mol. The number of hydrogen-bond acceptors (Lipinski definition) is 8. The highest BCUT2D eigenvalue weighted by atomic mass is 32.2. The summed E-state index contributed by atoms with van der Waals surface area (Å²) >= 11 is 5.24. The molecule has 0 aliphatic carbocycles. The number of rotatable bonds is 13. The van der Waals surface area contributed by atoms with Crippen molar-refractivity contribution in [2.75, 3.05) is 24.3 Å². The van der Waals surface area contributed by atoms with E-state index in [4.69, 9.17) is 15.9 Å². The summed E-state index contributed by atoms with van der Waals surface area (Å²) in [4.78, 5) is 58.0. The fraction of sp³-hybridized carbons (Fsp3) is 0.643. The Labute approximate surface area is 165 Å². The number of hydrogen-bond donors (Lipinski definition) is 7. The minimum atomic E-state index is -1.43. The van der Waals surface area contributed by atoms with Crippen LogP contribution in [0.4, 0.5) is 0 Å². The molecule has 0 aliphatic heterocycles. The van der Waals surface area contributed by atoms with E-state index >= 15 is 0 Å². The van der Waals surface area contributed by atoms with Gasteiger partial charge in [0.1, 0.15) is 18.1 Å². The highest BCUT2D eigenvalue weighted by Crippen LogP contribution is 2.04. The van der Waals surface area contributed by atoms with Crippen LogP contribution in [0.25, 0.3) is 0 Å². The van der Waals surface area contributed by atoms with E-state index in [0.717, 1.165) is 0 Å². The van der Waals surface area contributed by atoms with E-state index in [2.05, 4.69) is 28.6 Å². The third kappa shape index (κ3) is 10.1. The average molecular weight is 425 g/mol. The lowest BCUT2D eigenvalue weighted by Crippen LogP contribution is -2.57. The summed E-state index contributed by atoms with van der Waals surface area (Å²) in [6.07, 6.45) is 1.24. The quantitative estimate of drug-likeness (QED) is 0.159. The maximum atomic E-state index is 12.3. The fourth-order valence-corrected chi connectivity index (χ4v) is 2.59. The van der Waals surface area contributed by atoms with Crippen LogP contribution in [0.3, 0.4) is 0 Å². The molecule has 3 unspecified atom stereocenters. The number of carboxylic acid groups (broad SMARTS) is 2. The predicted molar refractivity (Wildman–Crippen MR) is 102 cm³/mol. The van der Waals surface area contributed by atoms with Crippen molar-refractivity contribution in [1.29, 1.82) is 0 Å². The van der Waals surface area contributed by atoms with E-state index in [1.807, 2.05) is 0 Å². The molecule has 0 rings (SSSR count). The Kier molecular flexibility index (Phi) is 12.2. The molecule has 11 nitrogen and oxygen atoms in total. The lowest BCUT2D eigenvalue weighted by atomic mass is 10.1. The third-order valence-corrected chi connectivity index (χ3v) is 4.27. The van der Waals surface area contributed by atoms with Gasteiger partial charge in [0.2, 0.25) is 17.7 Å². The number of carboxylic acids is 2. The van der Waals surface area contributed by atoms with E-state index < -0.39 is 60.8 Å². The van der Waals surface area contributed by atoms with Gasteiger partial charge in [-0.25, -0.2) is 4.79 Å². The molecule has 13 heteroatoms. The van der Waals surface area contributed by atoms with Gasteiger partial charge in [0, 0.05) is 5.75 Å². The van der Waals surface area contributed by atoms with Crippen LogP contribution in [-0.2, 0) is 24.0 Å². The zero-order valence-corrected chi connectivity index (χ0v) is 16.3. The van der Waals surface area contributed by atoms with Crippen LogP contribution < -0.4 is 21.7 Å². The molecular weight excluding hydrogens is 400 g/mol. The van der Waals surface area contributed by atoms with E-state index in [1.165, 1.54) is 11.8 Å². The van der Waals surface area contributed by atoms with Crippen LogP contribution in [0.15, 0.2) is 0 Å². The van der Waals surface area contributed by atoms with Crippen LogP contribution in [0.5, 0.6) is 0 Å². The lowest BCUT2D eigenvalue weighted by Gasteiger charge is -2.23. The Morgan fingerprint density at radius 2 is 1.56 bits per heavy atom. The number of thiol groups is 1. The van der Waals surface area contributed by atoms with Crippen molar-refractivity contribution >= 4 is 54.1 Å². The molecule has 0 spiro atoms. The first kappa shape index (κ1) is 25.0. The highest BCUT2D eigenvalue weighted by Gasteiger charge is 2.29. The normalized spacial score (nSPS) is 13.7. The maximum absolute atomic E-state index is 12.3. The van der Waals surface area contributed by atoms with Crippen molar-refractivity contribution in [2.45, 2.75) is 31.0 Å². The number of amides is 3. The summed E-state index contributed by atoms with van der Waals surface area (Å²) in [6, 6.07) is -3.79. The van der Waals surface area contributed by atoms with Gasteiger partial charge in [0.25, 0.3) is 0 Å². The zero-order valence-electron chi connectivity index (χ0n) is 14.6. The van der Waals surface area contributed by atoms with Gasteiger partial charge in [-0.15, -0.1) is 0 Å². The van der Waals surface area contributed by atoms with E-state index in [-0.39, 0.29) is 12.2 Å².